The quantitative estimate of drug-likeness (QED) is 0.529. The fraction of sp³-hybridized carbons (Fsp3) is 0.190. The second kappa shape index (κ2) is 7.67. The number of nitrogens with zero attached hydrogens (tertiary/aromatic N) is 2. The van der Waals surface area contributed by atoms with Gasteiger partial charge in [0.2, 0.25) is 0 Å². The Morgan fingerprint density at radius 1 is 1.14 bits per heavy atom. The first-order valence-electron chi connectivity index (χ1n) is 9.07. The molecule has 29 heavy (non-hydrogen) atoms. The van der Waals surface area contributed by atoms with Crippen LogP contribution in [-0.4, -0.2) is 26.8 Å². The molecule has 8 heteroatoms. The van der Waals surface area contributed by atoms with Gasteiger partial charge < -0.3 is 21.9 Å². The number of primary amides is 2. The van der Waals surface area contributed by atoms with Gasteiger partial charge in [-0.1, -0.05) is 26.0 Å². The highest BCUT2D eigenvalue weighted by Gasteiger charge is 2.20. The molecule has 0 radical (unpaired) electrons. The summed E-state index contributed by atoms with van der Waals surface area (Å²) in [5.74, 6) is -0.446. The third-order valence-electron chi connectivity index (χ3n) is 4.57. The van der Waals surface area contributed by atoms with Gasteiger partial charge in [-0.2, -0.15) is 5.10 Å². The number of anilines is 1. The molecule has 6 N–H and O–H groups in total. The van der Waals surface area contributed by atoms with E-state index >= 15 is 0 Å². The Hall–Kier alpha value is -3.81. The SMILES string of the molecule is Cc1cc(-c2cccc(O)c2)cc(C(C)C)c1-n1cc(NC(N)=O)c(C(N)=O)n1. The number of hydrogen-bond acceptors (Lipinski definition) is 4. The number of urea groups is 1. The number of nitrogens with one attached hydrogen (secondary N) is 1. The van der Waals surface area contributed by atoms with Crippen molar-refractivity contribution in [2.24, 2.45) is 11.5 Å². The molecule has 3 aromatic rings. The van der Waals surface area contributed by atoms with E-state index in [-0.39, 0.29) is 23.0 Å². The summed E-state index contributed by atoms with van der Waals surface area (Å²) in [6.45, 7) is 6.03. The Balaban J connectivity index is 2.20. The maximum atomic E-state index is 11.8. The van der Waals surface area contributed by atoms with Crippen LogP contribution in [0.3, 0.4) is 0 Å². The number of phenolic OH excluding ortho intramolecular Hbond substituents is 1. The van der Waals surface area contributed by atoms with Crippen molar-refractivity contribution in [2.75, 3.05) is 5.32 Å². The standard InChI is InChI=1S/C21H23N5O3/c1-11(2)16-9-14(13-5-4-6-15(27)8-13)7-12(3)19(16)26-10-17(24-21(23)29)18(25-26)20(22)28/h4-11,27H,1-3H3,(H2,22,28)(H3,23,24,29). The van der Waals surface area contributed by atoms with Gasteiger partial charge in [-0.15, -0.1) is 0 Å². The monoisotopic (exact) mass is 393 g/mol. The topological polar surface area (TPSA) is 136 Å². The van der Waals surface area contributed by atoms with Crippen molar-refractivity contribution in [3.05, 3.63) is 59.4 Å². The summed E-state index contributed by atoms with van der Waals surface area (Å²) < 4.78 is 1.53. The predicted molar refractivity (Wildman–Crippen MR) is 111 cm³/mol. The van der Waals surface area contributed by atoms with Gasteiger partial charge >= 0.3 is 6.03 Å². The highest BCUT2D eigenvalue weighted by atomic mass is 16.3. The lowest BCUT2D eigenvalue weighted by Gasteiger charge is -2.18. The molecule has 1 heterocycles. The van der Waals surface area contributed by atoms with Gasteiger partial charge in [0.25, 0.3) is 5.91 Å². The maximum Gasteiger partial charge on any atom is 0.316 e. The van der Waals surface area contributed by atoms with Crippen molar-refractivity contribution in [3.63, 3.8) is 0 Å². The van der Waals surface area contributed by atoms with E-state index in [2.05, 4.69) is 10.4 Å². The molecule has 0 aliphatic carbocycles. The van der Waals surface area contributed by atoms with Crippen LogP contribution in [0.4, 0.5) is 10.5 Å². The molecule has 0 saturated heterocycles. The molecule has 0 aliphatic heterocycles. The first-order valence-corrected chi connectivity index (χ1v) is 9.07. The summed E-state index contributed by atoms with van der Waals surface area (Å²) in [5, 5.41) is 16.5. The summed E-state index contributed by atoms with van der Waals surface area (Å²) in [7, 11) is 0. The van der Waals surface area contributed by atoms with Crippen LogP contribution in [0.5, 0.6) is 5.75 Å². The molecule has 3 rings (SSSR count). The lowest BCUT2D eigenvalue weighted by atomic mass is 9.92. The molecule has 1 aromatic heterocycles. The lowest BCUT2D eigenvalue weighted by molar-refractivity contribution is 0.0996. The Morgan fingerprint density at radius 2 is 1.86 bits per heavy atom. The number of aromatic nitrogens is 2. The second-order valence-electron chi connectivity index (χ2n) is 7.13. The van der Waals surface area contributed by atoms with Crippen LogP contribution in [0.1, 0.15) is 41.4 Å². The minimum absolute atomic E-state index is 0.0741. The van der Waals surface area contributed by atoms with Crippen molar-refractivity contribution in [2.45, 2.75) is 26.7 Å². The number of aryl methyl sites for hydroxylation is 1. The molecule has 0 atom stereocenters. The van der Waals surface area contributed by atoms with E-state index in [0.29, 0.717) is 0 Å². The van der Waals surface area contributed by atoms with Gasteiger partial charge in [-0.25, -0.2) is 9.48 Å². The number of nitrogens with two attached hydrogens (primary N) is 2. The van der Waals surface area contributed by atoms with Crippen molar-refractivity contribution in [3.8, 4) is 22.6 Å². The molecular formula is C21H23N5O3. The van der Waals surface area contributed by atoms with Crippen LogP contribution in [0.15, 0.2) is 42.6 Å². The highest BCUT2D eigenvalue weighted by Crippen LogP contribution is 2.33. The number of amides is 3. The first kappa shape index (κ1) is 19.9. The molecule has 0 spiro atoms. The van der Waals surface area contributed by atoms with Crippen molar-refractivity contribution < 1.29 is 14.7 Å². The normalized spacial score (nSPS) is 10.9. The minimum Gasteiger partial charge on any atom is -0.508 e. The van der Waals surface area contributed by atoms with E-state index in [0.717, 1.165) is 27.9 Å². The molecule has 0 saturated carbocycles. The van der Waals surface area contributed by atoms with Crippen molar-refractivity contribution >= 4 is 17.6 Å². The number of aromatic hydroxyl groups is 1. The summed E-state index contributed by atoms with van der Waals surface area (Å²) in [6.07, 6.45) is 1.52. The van der Waals surface area contributed by atoms with E-state index in [1.165, 1.54) is 10.9 Å². The zero-order valence-corrected chi connectivity index (χ0v) is 16.4. The van der Waals surface area contributed by atoms with E-state index in [1.54, 1.807) is 18.2 Å². The van der Waals surface area contributed by atoms with Crippen LogP contribution in [-0.2, 0) is 0 Å². The maximum absolute atomic E-state index is 11.8. The highest BCUT2D eigenvalue weighted by molar-refractivity contribution is 6.00. The molecule has 3 amide bonds. The number of phenols is 1. The average Bonchev–Trinajstić information content (AvgIpc) is 3.03. The van der Waals surface area contributed by atoms with E-state index in [1.807, 2.05) is 39.0 Å². The Morgan fingerprint density at radius 3 is 2.45 bits per heavy atom. The van der Waals surface area contributed by atoms with Crippen LogP contribution in [0, 0.1) is 6.92 Å². The van der Waals surface area contributed by atoms with Gasteiger partial charge in [0.15, 0.2) is 5.69 Å². The first-order chi connectivity index (χ1) is 13.7. The Bertz CT molecular complexity index is 1100. The zero-order chi connectivity index (χ0) is 21.3. The van der Waals surface area contributed by atoms with Gasteiger partial charge in [0.05, 0.1) is 17.6 Å². The number of benzene rings is 2. The number of carbonyl (C=O) groups excluding carboxylic acids is 2. The Labute approximate surface area is 168 Å². The zero-order valence-electron chi connectivity index (χ0n) is 16.4. The molecular weight excluding hydrogens is 370 g/mol. The molecule has 0 aliphatic rings. The fourth-order valence-electron chi connectivity index (χ4n) is 3.31. The predicted octanol–water partition coefficient (Wildman–Crippen LogP) is 3.27. The van der Waals surface area contributed by atoms with Gasteiger partial charge in [-0.05, 0) is 59.4 Å². The van der Waals surface area contributed by atoms with E-state index in [4.69, 9.17) is 11.5 Å². The van der Waals surface area contributed by atoms with Gasteiger partial charge in [-0.3, -0.25) is 4.79 Å². The van der Waals surface area contributed by atoms with Crippen LogP contribution < -0.4 is 16.8 Å². The smallest absolute Gasteiger partial charge is 0.316 e. The number of rotatable bonds is 5. The van der Waals surface area contributed by atoms with E-state index < -0.39 is 11.9 Å². The van der Waals surface area contributed by atoms with E-state index in [9.17, 15) is 14.7 Å². The molecule has 8 nitrogen and oxygen atoms in total. The molecule has 0 unspecified atom stereocenters. The summed E-state index contributed by atoms with van der Waals surface area (Å²) in [5.41, 5.74) is 15.2. The Kier molecular flexibility index (Phi) is 5.27. The molecule has 0 fully saturated rings. The van der Waals surface area contributed by atoms with Gasteiger partial charge in [0, 0.05) is 0 Å². The summed E-state index contributed by atoms with van der Waals surface area (Å²) in [6, 6.07) is 10.2. The molecule has 150 valence electrons. The third-order valence-corrected chi connectivity index (χ3v) is 4.57. The van der Waals surface area contributed by atoms with Gasteiger partial charge in [0.1, 0.15) is 5.75 Å². The average molecular weight is 393 g/mol. The second-order valence-corrected chi connectivity index (χ2v) is 7.13. The largest absolute Gasteiger partial charge is 0.508 e. The van der Waals surface area contributed by atoms with Crippen LogP contribution >= 0.6 is 0 Å². The van der Waals surface area contributed by atoms with Crippen molar-refractivity contribution in [1.29, 1.82) is 0 Å². The number of hydrogen-bond donors (Lipinski definition) is 4. The fourth-order valence-corrected chi connectivity index (χ4v) is 3.31. The van der Waals surface area contributed by atoms with Crippen molar-refractivity contribution in [1.82, 2.24) is 9.78 Å². The molecule has 0 bridgehead atoms. The minimum atomic E-state index is -0.813. The number of carbonyl (C=O) groups is 2. The summed E-state index contributed by atoms with van der Waals surface area (Å²) >= 11 is 0. The summed E-state index contributed by atoms with van der Waals surface area (Å²) in [4.78, 5) is 23.0. The third kappa shape index (κ3) is 4.06. The van der Waals surface area contributed by atoms with Crippen LogP contribution in [0.2, 0.25) is 0 Å². The van der Waals surface area contributed by atoms with Crippen LogP contribution in [0.25, 0.3) is 16.8 Å². The lowest BCUT2D eigenvalue weighted by Crippen LogP contribution is -2.22. The molecule has 2 aromatic carbocycles.